The van der Waals surface area contributed by atoms with E-state index in [0.29, 0.717) is 0 Å². The second-order valence-electron chi connectivity index (χ2n) is 8.10. The van der Waals surface area contributed by atoms with Crippen LogP contribution in [-0.2, 0) is 4.74 Å². The third kappa shape index (κ3) is 3.11. The van der Waals surface area contributed by atoms with Gasteiger partial charge in [-0.1, -0.05) is 31.1 Å². The van der Waals surface area contributed by atoms with Gasteiger partial charge in [0.1, 0.15) is 0 Å². The monoisotopic (exact) mass is 348 g/mol. The van der Waals surface area contributed by atoms with Crippen molar-refractivity contribution in [2.45, 2.75) is 64.6 Å². The van der Waals surface area contributed by atoms with Crippen LogP contribution in [0, 0.1) is 17.2 Å². The van der Waals surface area contributed by atoms with E-state index in [1.165, 1.54) is 17.7 Å². The van der Waals surface area contributed by atoms with Gasteiger partial charge in [0.25, 0.3) is 0 Å². The predicted octanol–water partition coefficient (Wildman–Crippen LogP) is 4.89. The third-order valence-corrected chi connectivity index (χ3v) is 6.33. The topological polar surface area (TPSA) is 49.7 Å². The normalized spacial score (nSPS) is 30.8. The summed E-state index contributed by atoms with van der Waals surface area (Å²) in [6.07, 6.45) is 6.96. The van der Waals surface area contributed by atoms with Crippen molar-refractivity contribution in [3.05, 3.63) is 41.2 Å². The Morgan fingerprint density at radius 1 is 1.32 bits per heavy atom. The number of aliphatic hydroxyl groups is 1. The van der Waals surface area contributed by atoms with Crippen molar-refractivity contribution in [2.75, 3.05) is 6.61 Å². The average molecular weight is 348 g/mol. The van der Waals surface area contributed by atoms with Gasteiger partial charge in [0.05, 0.1) is 18.3 Å². The molecule has 1 aromatic rings. The van der Waals surface area contributed by atoms with E-state index in [1.54, 1.807) is 6.07 Å². The molecule has 3 unspecified atom stereocenters. The van der Waals surface area contributed by atoms with Crippen LogP contribution in [0.1, 0.15) is 64.5 Å². The van der Waals surface area contributed by atoms with Gasteiger partial charge in [0, 0.05) is 11.3 Å². The van der Waals surface area contributed by atoms with E-state index in [9.17, 15) is 14.6 Å². The Kier molecular flexibility index (Phi) is 4.95. The fourth-order valence-electron chi connectivity index (χ4n) is 4.42. The summed E-state index contributed by atoms with van der Waals surface area (Å²) in [4.78, 5) is 0. The van der Waals surface area contributed by atoms with Crippen LogP contribution in [-0.4, -0.2) is 22.4 Å². The Bertz CT molecular complexity index is 667. The number of benzene rings is 1. The first-order chi connectivity index (χ1) is 11.8. The molecular weight excluding hydrogens is 319 g/mol. The van der Waals surface area contributed by atoms with E-state index in [1.807, 2.05) is 13.8 Å². The number of hydrogen-bond donors (Lipinski definition) is 2. The van der Waals surface area contributed by atoms with Crippen LogP contribution in [0.4, 0.5) is 4.39 Å². The van der Waals surface area contributed by atoms with Crippen LogP contribution in [0.2, 0.25) is 0 Å². The highest BCUT2D eigenvalue weighted by molar-refractivity contribution is 5.33. The molecule has 25 heavy (non-hydrogen) atoms. The van der Waals surface area contributed by atoms with Gasteiger partial charge < -0.3 is 14.9 Å². The molecule has 0 saturated carbocycles. The first kappa shape index (κ1) is 18.4. The summed E-state index contributed by atoms with van der Waals surface area (Å²) in [5, 5.41) is 19.6. The van der Waals surface area contributed by atoms with E-state index in [4.69, 9.17) is 4.74 Å². The summed E-state index contributed by atoms with van der Waals surface area (Å²) in [6, 6.07) is 4.53. The second kappa shape index (κ2) is 6.73. The number of hydrogen-bond acceptors (Lipinski definition) is 3. The number of phenolic OH excluding ortho intramolecular Hbond substituents is 1. The summed E-state index contributed by atoms with van der Waals surface area (Å²) >= 11 is 0. The summed E-state index contributed by atoms with van der Waals surface area (Å²) < 4.78 is 20.4. The van der Waals surface area contributed by atoms with E-state index in [2.05, 4.69) is 13.0 Å². The Balaban J connectivity index is 2.01. The van der Waals surface area contributed by atoms with E-state index in [0.717, 1.165) is 37.7 Å². The summed E-state index contributed by atoms with van der Waals surface area (Å²) in [7, 11) is 0. The van der Waals surface area contributed by atoms with Crippen molar-refractivity contribution in [3.63, 3.8) is 0 Å². The van der Waals surface area contributed by atoms with Crippen molar-refractivity contribution < 1.29 is 19.3 Å². The standard InChI is InChI=1S/C21H29FO3/c1-4-5-6-14-9-10-21(13-23)12-16(14)19(25-20(21,2)3)15-7-8-18(24)17(22)11-15/h7-9,11,16,19,23-24H,4-6,10,12-13H2,1-3H3. The highest BCUT2D eigenvalue weighted by Crippen LogP contribution is 2.58. The van der Waals surface area contributed by atoms with Crippen LogP contribution in [0.5, 0.6) is 5.75 Å². The number of halogens is 1. The lowest BCUT2D eigenvalue weighted by molar-refractivity contribution is -0.223. The number of aromatic hydroxyl groups is 1. The molecule has 1 aliphatic heterocycles. The molecule has 4 heteroatoms. The maximum absolute atomic E-state index is 13.9. The van der Waals surface area contributed by atoms with Gasteiger partial charge in [-0.2, -0.15) is 0 Å². The van der Waals surface area contributed by atoms with Gasteiger partial charge in [-0.05, 0) is 57.2 Å². The third-order valence-electron chi connectivity index (χ3n) is 6.33. The molecule has 3 rings (SSSR count). The number of ether oxygens (including phenoxy) is 1. The molecule has 0 amide bonds. The molecule has 1 aromatic carbocycles. The molecule has 2 aliphatic rings. The Labute approximate surface area is 149 Å². The number of fused-ring (bicyclic) bond motifs is 2. The number of aliphatic hydroxyl groups excluding tert-OH is 1. The van der Waals surface area contributed by atoms with Gasteiger partial charge in [0.2, 0.25) is 0 Å². The molecule has 1 heterocycles. The zero-order chi connectivity index (χ0) is 18.2. The van der Waals surface area contributed by atoms with Crippen molar-refractivity contribution in [2.24, 2.45) is 11.3 Å². The van der Waals surface area contributed by atoms with Crippen molar-refractivity contribution >= 4 is 0 Å². The maximum Gasteiger partial charge on any atom is 0.165 e. The number of unbranched alkanes of at least 4 members (excludes halogenated alkanes) is 1. The number of allylic oxidation sites excluding steroid dienone is 1. The van der Waals surface area contributed by atoms with Crippen molar-refractivity contribution in [1.82, 2.24) is 0 Å². The smallest absolute Gasteiger partial charge is 0.165 e. The number of phenols is 1. The van der Waals surface area contributed by atoms with Gasteiger partial charge in [0.15, 0.2) is 11.6 Å². The predicted molar refractivity (Wildman–Crippen MR) is 95.8 cm³/mol. The fraction of sp³-hybridized carbons (Fsp3) is 0.619. The van der Waals surface area contributed by atoms with Crippen LogP contribution in [0.15, 0.2) is 29.8 Å². The summed E-state index contributed by atoms with van der Waals surface area (Å²) in [6.45, 7) is 6.31. The molecule has 0 aromatic heterocycles. The molecule has 1 aliphatic carbocycles. The molecule has 1 fully saturated rings. The molecule has 2 N–H and O–H groups in total. The number of rotatable bonds is 5. The van der Waals surface area contributed by atoms with Crippen LogP contribution in [0.25, 0.3) is 0 Å². The first-order valence-electron chi connectivity index (χ1n) is 9.29. The minimum Gasteiger partial charge on any atom is -0.505 e. The molecule has 0 spiro atoms. The van der Waals surface area contributed by atoms with Crippen LogP contribution in [0.3, 0.4) is 0 Å². The minimum absolute atomic E-state index is 0.0880. The summed E-state index contributed by atoms with van der Waals surface area (Å²) in [5.74, 6) is -0.814. The Morgan fingerprint density at radius 2 is 2.08 bits per heavy atom. The summed E-state index contributed by atoms with van der Waals surface area (Å²) in [5.41, 5.74) is 1.31. The zero-order valence-electron chi connectivity index (χ0n) is 15.4. The Morgan fingerprint density at radius 3 is 2.72 bits per heavy atom. The highest BCUT2D eigenvalue weighted by Gasteiger charge is 2.55. The molecular formula is C21H29FO3. The lowest BCUT2D eigenvalue weighted by atomic mass is 9.58. The molecule has 2 bridgehead atoms. The zero-order valence-corrected chi connectivity index (χ0v) is 15.4. The molecule has 1 saturated heterocycles. The lowest BCUT2D eigenvalue weighted by Gasteiger charge is -2.57. The minimum atomic E-state index is -0.618. The van der Waals surface area contributed by atoms with Gasteiger partial charge >= 0.3 is 0 Å². The fourth-order valence-corrected chi connectivity index (χ4v) is 4.42. The first-order valence-corrected chi connectivity index (χ1v) is 9.29. The molecule has 3 nitrogen and oxygen atoms in total. The quantitative estimate of drug-likeness (QED) is 0.745. The molecule has 3 atom stereocenters. The largest absolute Gasteiger partial charge is 0.505 e. The Hall–Kier alpha value is -1.39. The SMILES string of the molecule is CCCCC1=CCC2(CO)CC1C(c1ccc(O)c(F)c1)OC2(C)C. The van der Waals surface area contributed by atoms with Gasteiger partial charge in [-0.15, -0.1) is 0 Å². The van der Waals surface area contributed by atoms with E-state index in [-0.39, 0.29) is 29.8 Å². The second-order valence-corrected chi connectivity index (χ2v) is 8.10. The van der Waals surface area contributed by atoms with Crippen LogP contribution < -0.4 is 0 Å². The van der Waals surface area contributed by atoms with Crippen LogP contribution >= 0.6 is 0 Å². The van der Waals surface area contributed by atoms with Gasteiger partial charge in [-0.25, -0.2) is 4.39 Å². The molecule has 138 valence electrons. The molecule has 0 radical (unpaired) electrons. The van der Waals surface area contributed by atoms with E-state index < -0.39 is 11.4 Å². The van der Waals surface area contributed by atoms with Crippen molar-refractivity contribution in [1.29, 1.82) is 0 Å². The van der Waals surface area contributed by atoms with Gasteiger partial charge in [-0.3, -0.25) is 0 Å². The van der Waals surface area contributed by atoms with Crippen molar-refractivity contribution in [3.8, 4) is 5.75 Å². The maximum atomic E-state index is 13.9. The van der Waals surface area contributed by atoms with E-state index >= 15 is 0 Å². The highest BCUT2D eigenvalue weighted by atomic mass is 19.1. The average Bonchev–Trinajstić information content (AvgIpc) is 2.59. The lowest BCUT2D eigenvalue weighted by Crippen LogP contribution is -2.56.